The highest BCUT2D eigenvalue weighted by molar-refractivity contribution is 7.99. The zero-order valence-corrected chi connectivity index (χ0v) is 17.9. The van der Waals surface area contributed by atoms with Crippen LogP contribution in [0.2, 0.25) is 0 Å². The van der Waals surface area contributed by atoms with Gasteiger partial charge in [-0.2, -0.15) is 0 Å². The highest BCUT2D eigenvalue weighted by Crippen LogP contribution is 2.32. The first-order chi connectivity index (χ1) is 14.6. The molecule has 1 aromatic heterocycles. The van der Waals surface area contributed by atoms with Gasteiger partial charge in [0.25, 0.3) is 5.91 Å². The van der Waals surface area contributed by atoms with Crippen LogP contribution in [0, 0.1) is 0 Å². The van der Waals surface area contributed by atoms with Gasteiger partial charge in [0.05, 0.1) is 17.9 Å². The van der Waals surface area contributed by atoms with Crippen molar-refractivity contribution < 1.29 is 14.4 Å². The van der Waals surface area contributed by atoms with E-state index in [9.17, 15) is 14.4 Å². The lowest BCUT2D eigenvalue weighted by atomic mass is 9.92. The molecule has 158 valence electrons. The lowest BCUT2D eigenvalue weighted by Gasteiger charge is -2.37. The molecule has 8 heteroatoms. The van der Waals surface area contributed by atoms with E-state index in [1.54, 1.807) is 35.4 Å². The van der Waals surface area contributed by atoms with Crippen molar-refractivity contribution in [2.45, 2.75) is 55.8 Å². The van der Waals surface area contributed by atoms with E-state index < -0.39 is 6.04 Å². The molecule has 1 atom stereocenters. The lowest BCUT2D eigenvalue weighted by Crippen LogP contribution is -2.52. The number of hydrogen-bond acceptors (Lipinski definition) is 5. The van der Waals surface area contributed by atoms with Crippen LogP contribution < -0.4 is 4.90 Å². The molecule has 2 fully saturated rings. The number of benzene rings is 1. The van der Waals surface area contributed by atoms with Crippen LogP contribution in [-0.4, -0.2) is 50.0 Å². The monoisotopic (exact) mass is 426 g/mol. The number of imidazole rings is 1. The number of imide groups is 1. The lowest BCUT2D eigenvalue weighted by molar-refractivity contribution is -0.139. The van der Waals surface area contributed by atoms with Crippen LogP contribution in [0.15, 0.2) is 47.9 Å². The van der Waals surface area contributed by atoms with E-state index in [-0.39, 0.29) is 35.9 Å². The van der Waals surface area contributed by atoms with E-state index in [0.29, 0.717) is 5.69 Å². The fraction of sp³-hybridized carbons (Fsp3) is 0.455. The maximum Gasteiger partial charge on any atom is 0.257 e. The maximum absolute atomic E-state index is 13.3. The molecule has 1 unspecified atom stereocenters. The molecule has 1 aliphatic heterocycles. The van der Waals surface area contributed by atoms with Crippen LogP contribution in [-0.2, 0) is 21.4 Å². The average molecular weight is 427 g/mol. The van der Waals surface area contributed by atoms with Crippen molar-refractivity contribution in [3.05, 3.63) is 42.7 Å². The van der Waals surface area contributed by atoms with Crippen molar-refractivity contribution in [2.24, 2.45) is 7.05 Å². The SMILES string of the molecule is Cn1ccnc1SCC(=O)N(C1CCCCC1)C1CC(=O)N(c2ccccc2)C1=O. The summed E-state index contributed by atoms with van der Waals surface area (Å²) in [5, 5.41) is 0.756. The van der Waals surface area contributed by atoms with Crippen LogP contribution >= 0.6 is 11.8 Å². The van der Waals surface area contributed by atoms with Gasteiger partial charge in [0.2, 0.25) is 11.8 Å². The van der Waals surface area contributed by atoms with Crippen molar-refractivity contribution in [1.29, 1.82) is 0 Å². The Balaban J connectivity index is 1.56. The summed E-state index contributed by atoms with van der Waals surface area (Å²) >= 11 is 1.36. The molecule has 2 aromatic rings. The molecule has 0 spiro atoms. The third kappa shape index (κ3) is 4.14. The molecule has 30 heavy (non-hydrogen) atoms. The molecule has 1 saturated carbocycles. The van der Waals surface area contributed by atoms with E-state index in [0.717, 1.165) is 37.3 Å². The number of anilines is 1. The number of aryl methyl sites for hydroxylation is 1. The van der Waals surface area contributed by atoms with Gasteiger partial charge >= 0.3 is 0 Å². The number of hydrogen-bond donors (Lipinski definition) is 0. The van der Waals surface area contributed by atoms with E-state index in [1.807, 2.05) is 23.9 Å². The van der Waals surface area contributed by atoms with E-state index in [2.05, 4.69) is 4.98 Å². The first kappa shape index (κ1) is 20.7. The highest BCUT2D eigenvalue weighted by atomic mass is 32.2. The minimum Gasteiger partial charge on any atom is -0.329 e. The van der Waals surface area contributed by atoms with Crippen LogP contribution in [0.4, 0.5) is 5.69 Å². The molecule has 0 bridgehead atoms. The zero-order valence-electron chi connectivity index (χ0n) is 17.1. The fourth-order valence-corrected chi connectivity index (χ4v) is 5.17. The first-order valence-electron chi connectivity index (χ1n) is 10.4. The second-order valence-corrected chi connectivity index (χ2v) is 8.77. The Kier molecular flexibility index (Phi) is 6.22. The fourth-order valence-electron chi connectivity index (χ4n) is 4.36. The normalized spacial score (nSPS) is 20.0. The number of carbonyl (C=O) groups is 3. The Morgan fingerprint density at radius 1 is 1.17 bits per heavy atom. The number of para-hydroxylation sites is 1. The van der Waals surface area contributed by atoms with E-state index >= 15 is 0 Å². The van der Waals surface area contributed by atoms with Crippen molar-refractivity contribution >= 4 is 35.2 Å². The molecule has 0 N–H and O–H groups in total. The Morgan fingerprint density at radius 3 is 2.57 bits per heavy atom. The smallest absolute Gasteiger partial charge is 0.257 e. The molecule has 7 nitrogen and oxygen atoms in total. The molecule has 2 heterocycles. The van der Waals surface area contributed by atoms with Crippen LogP contribution in [0.5, 0.6) is 0 Å². The average Bonchev–Trinajstić information content (AvgIpc) is 3.30. The highest BCUT2D eigenvalue weighted by Gasteiger charge is 2.46. The third-order valence-electron chi connectivity index (χ3n) is 5.83. The molecular weight excluding hydrogens is 400 g/mol. The van der Waals surface area contributed by atoms with Gasteiger partial charge in [-0.15, -0.1) is 0 Å². The topological polar surface area (TPSA) is 75.5 Å². The number of aromatic nitrogens is 2. The molecule has 1 aromatic carbocycles. The third-order valence-corrected chi connectivity index (χ3v) is 6.87. The second-order valence-electron chi connectivity index (χ2n) is 7.83. The van der Waals surface area contributed by atoms with Crippen LogP contribution in [0.1, 0.15) is 38.5 Å². The minimum absolute atomic E-state index is 0.00527. The number of carbonyl (C=O) groups excluding carboxylic acids is 3. The van der Waals surface area contributed by atoms with Gasteiger partial charge in [-0.25, -0.2) is 9.88 Å². The summed E-state index contributed by atoms with van der Waals surface area (Å²) in [4.78, 5) is 46.6. The van der Waals surface area contributed by atoms with Crippen molar-refractivity contribution in [3.63, 3.8) is 0 Å². The first-order valence-corrected chi connectivity index (χ1v) is 11.4. The Bertz CT molecular complexity index is 923. The van der Waals surface area contributed by atoms with Crippen molar-refractivity contribution in [3.8, 4) is 0 Å². The number of amides is 3. The van der Waals surface area contributed by atoms with E-state index in [4.69, 9.17) is 0 Å². The van der Waals surface area contributed by atoms with Crippen molar-refractivity contribution in [1.82, 2.24) is 14.5 Å². The van der Waals surface area contributed by atoms with Gasteiger partial charge in [-0.3, -0.25) is 14.4 Å². The Hall–Kier alpha value is -2.61. The van der Waals surface area contributed by atoms with Crippen LogP contribution in [0.3, 0.4) is 0 Å². The molecular formula is C22H26N4O3S. The summed E-state index contributed by atoms with van der Waals surface area (Å²) in [7, 11) is 1.88. The Morgan fingerprint density at radius 2 is 1.90 bits per heavy atom. The van der Waals surface area contributed by atoms with E-state index in [1.165, 1.54) is 16.7 Å². The van der Waals surface area contributed by atoms with Crippen LogP contribution in [0.25, 0.3) is 0 Å². The summed E-state index contributed by atoms with van der Waals surface area (Å²) < 4.78 is 1.87. The molecule has 4 rings (SSSR count). The molecule has 1 aliphatic carbocycles. The number of rotatable bonds is 6. The maximum atomic E-state index is 13.3. The predicted octanol–water partition coefficient (Wildman–Crippen LogP) is 3.01. The minimum atomic E-state index is -0.727. The largest absolute Gasteiger partial charge is 0.329 e. The standard InChI is InChI=1S/C22H26N4O3S/c1-24-13-12-23-22(24)30-15-20(28)25(16-8-4-2-5-9-16)18-14-19(27)26(21(18)29)17-10-6-3-7-11-17/h3,6-7,10-13,16,18H,2,4-5,8-9,14-15H2,1H3. The quantitative estimate of drug-likeness (QED) is 0.524. The van der Waals surface area contributed by atoms with Gasteiger partial charge in [-0.1, -0.05) is 49.2 Å². The number of thioether (sulfide) groups is 1. The summed E-state index contributed by atoms with van der Waals surface area (Å²) in [6.45, 7) is 0. The summed E-state index contributed by atoms with van der Waals surface area (Å²) in [5.41, 5.74) is 0.563. The van der Waals surface area contributed by atoms with Gasteiger partial charge in [0, 0.05) is 25.5 Å². The summed E-state index contributed by atoms with van der Waals surface area (Å²) in [5.74, 6) is -0.449. The van der Waals surface area contributed by atoms with Gasteiger partial charge in [0.1, 0.15) is 6.04 Å². The second kappa shape index (κ2) is 9.04. The summed E-state index contributed by atoms with van der Waals surface area (Å²) in [6.07, 6.45) is 8.56. The van der Waals surface area contributed by atoms with Gasteiger partial charge in [-0.05, 0) is 25.0 Å². The molecule has 3 amide bonds. The summed E-state index contributed by atoms with van der Waals surface area (Å²) in [6, 6.07) is 8.23. The molecule has 2 aliphatic rings. The van der Waals surface area contributed by atoms with Gasteiger partial charge in [0.15, 0.2) is 5.16 Å². The zero-order chi connectivity index (χ0) is 21.1. The van der Waals surface area contributed by atoms with Crippen molar-refractivity contribution in [2.75, 3.05) is 10.7 Å². The van der Waals surface area contributed by atoms with Gasteiger partial charge < -0.3 is 9.47 Å². The predicted molar refractivity (Wildman–Crippen MR) is 115 cm³/mol. The Labute approximate surface area is 180 Å². The number of nitrogens with zero attached hydrogens (tertiary/aromatic N) is 4. The molecule has 1 saturated heterocycles. The molecule has 0 radical (unpaired) electrons.